The molecule has 4 nitrogen and oxygen atoms in total. The number of nitrogens with zero attached hydrogens (tertiary/aromatic N) is 2. The van der Waals surface area contributed by atoms with E-state index >= 15 is 0 Å². The molecule has 3 N–H and O–H groups in total. The van der Waals surface area contributed by atoms with Crippen molar-refractivity contribution >= 4 is 28.8 Å². The van der Waals surface area contributed by atoms with Gasteiger partial charge < -0.3 is 15.7 Å². The molecular formula is C16H16ClN3O. The molecule has 0 aliphatic carbocycles. The first kappa shape index (κ1) is 13.9. The van der Waals surface area contributed by atoms with Crippen LogP contribution in [0.15, 0.2) is 47.5 Å². The fourth-order valence-corrected chi connectivity index (χ4v) is 2.87. The van der Waals surface area contributed by atoms with Gasteiger partial charge in [-0.3, -0.25) is 0 Å². The summed E-state index contributed by atoms with van der Waals surface area (Å²) in [5.74, 6) is 0.161. The molecule has 1 heterocycles. The zero-order valence-corrected chi connectivity index (χ0v) is 12.6. The predicted octanol–water partition coefficient (Wildman–Crippen LogP) is 2.64. The Kier molecular flexibility index (Phi) is 3.15. The Labute approximate surface area is 128 Å². The lowest BCUT2D eigenvalue weighted by Crippen LogP contribution is -2.40. The van der Waals surface area contributed by atoms with Gasteiger partial charge in [-0.25, -0.2) is 4.99 Å². The van der Waals surface area contributed by atoms with Gasteiger partial charge in [0.05, 0.1) is 5.69 Å². The Bertz CT molecular complexity index is 742. The van der Waals surface area contributed by atoms with Gasteiger partial charge in [0.2, 0.25) is 0 Å². The van der Waals surface area contributed by atoms with E-state index in [1.807, 2.05) is 43.3 Å². The molecule has 108 valence electrons. The summed E-state index contributed by atoms with van der Waals surface area (Å²) in [7, 11) is 3.84. The van der Waals surface area contributed by atoms with Crippen molar-refractivity contribution in [1.29, 1.82) is 0 Å². The number of amidine groups is 1. The first-order valence-electron chi connectivity index (χ1n) is 6.58. The number of aliphatic imine (C=N–C) groups is 1. The number of benzene rings is 2. The number of hydrogen-bond donors (Lipinski definition) is 2. The Morgan fingerprint density at radius 1 is 1.14 bits per heavy atom. The summed E-state index contributed by atoms with van der Waals surface area (Å²) in [6.07, 6.45) is 0. The normalized spacial score (nSPS) is 20.1. The van der Waals surface area contributed by atoms with Crippen molar-refractivity contribution in [1.82, 2.24) is 0 Å². The van der Waals surface area contributed by atoms with E-state index in [0.717, 1.165) is 5.69 Å². The van der Waals surface area contributed by atoms with Crippen LogP contribution in [0, 0.1) is 0 Å². The van der Waals surface area contributed by atoms with E-state index in [-0.39, 0.29) is 5.84 Å². The number of hydrogen-bond acceptors (Lipinski definition) is 4. The van der Waals surface area contributed by atoms with Crippen LogP contribution < -0.4 is 10.6 Å². The van der Waals surface area contributed by atoms with Gasteiger partial charge in [-0.2, -0.15) is 0 Å². The maximum atomic E-state index is 11.3. The molecule has 5 heteroatoms. The molecule has 0 radical (unpaired) electrons. The maximum absolute atomic E-state index is 11.3. The minimum Gasteiger partial charge on any atom is -0.384 e. The molecule has 1 unspecified atom stereocenters. The molecule has 0 saturated heterocycles. The average Bonchev–Trinajstić information content (AvgIpc) is 2.72. The Morgan fingerprint density at radius 2 is 1.86 bits per heavy atom. The van der Waals surface area contributed by atoms with Crippen molar-refractivity contribution in [2.24, 2.45) is 10.7 Å². The SMILES string of the molecule is CN(C)c1ccccc1C1(O)C(N)=Nc2ccc(Cl)cc21. The van der Waals surface area contributed by atoms with Crippen LogP contribution in [0.3, 0.4) is 0 Å². The molecule has 3 rings (SSSR count). The molecule has 0 fully saturated rings. The van der Waals surface area contributed by atoms with Gasteiger partial charge in [-0.05, 0) is 24.3 Å². The lowest BCUT2D eigenvalue weighted by molar-refractivity contribution is 0.159. The maximum Gasteiger partial charge on any atom is 0.176 e. The van der Waals surface area contributed by atoms with E-state index in [4.69, 9.17) is 17.3 Å². The van der Waals surface area contributed by atoms with Gasteiger partial charge in [0, 0.05) is 35.9 Å². The van der Waals surface area contributed by atoms with E-state index in [0.29, 0.717) is 21.8 Å². The summed E-state index contributed by atoms with van der Waals surface area (Å²) in [6, 6.07) is 12.8. The largest absolute Gasteiger partial charge is 0.384 e. The van der Waals surface area contributed by atoms with Crippen molar-refractivity contribution in [2.75, 3.05) is 19.0 Å². The molecule has 0 spiro atoms. The van der Waals surface area contributed by atoms with Crippen LogP contribution in [-0.2, 0) is 5.60 Å². The molecule has 2 aromatic rings. The standard InChI is InChI=1S/C16H16ClN3O/c1-20(2)14-6-4-3-5-11(14)16(21)12-9-10(17)7-8-13(12)19-15(16)18/h3-9,21H,1-2H3,(H2,18,19). The van der Waals surface area contributed by atoms with E-state index in [1.54, 1.807) is 18.2 Å². The first-order chi connectivity index (χ1) is 9.94. The number of halogens is 1. The van der Waals surface area contributed by atoms with E-state index in [9.17, 15) is 5.11 Å². The monoisotopic (exact) mass is 301 g/mol. The third-order valence-corrected chi connectivity index (χ3v) is 3.97. The number of fused-ring (bicyclic) bond motifs is 1. The molecular weight excluding hydrogens is 286 g/mol. The van der Waals surface area contributed by atoms with Crippen molar-refractivity contribution in [3.05, 3.63) is 58.6 Å². The molecule has 0 amide bonds. The van der Waals surface area contributed by atoms with Gasteiger partial charge in [-0.1, -0.05) is 29.8 Å². The quantitative estimate of drug-likeness (QED) is 0.896. The molecule has 1 aliphatic heterocycles. The molecule has 1 aliphatic rings. The number of nitrogens with two attached hydrogens (primary N) is 1. The third kappa shape index (κ3) is 1.99. The van der Waals surface area contributed by atoms with Gasteiger partial charge in [-0.15, -0.1) is 0 Å². The fraction of sp³-hybridized carbons (Fsp3) is 0.188. The van der Waals surface area contributed by atoms with Crippen LogP contribution in [0.4, 0.5) is 11.4 Å². The van der Waals surface area contributed by atoms with Gasteiger partial charge in [0.15, 0.2) is 5.60 Å². The zero-order chi connectivity index (χ0) is 15.2. The third-order valence-electron chi connectivity index (χ3n) is 3.74. The molecule has 0 saturated carbocycles. The highest BCUT2D eigenvalue weighted by atomic mass is 35.5. The minimum atomic E-state index is -1.46. The fourth-order valence-electron chi connectivity index (χ4n) is 2.70. The minimum absolute atomic E-state index is 0.161. The van der Waals surface area contributed by atoms with E-state index in [1.165, 1.54) is 0 Å². The second-order valence-corrected chi connectivity index (χ2v) is 5.72. The summed E-state index contributed by atoms with van der Waals surface area (Å²) < 4.78 is 0. The van der Waals surface area contributed by atoms with Gasteiger partial charge in [0.1, 0.15) is 5.84 Å². The van der Waals surface area contributed by atoms with Crippen LogP contribution in [0.5, 0.6) is 0 Å². The second kappa shape index (κ2) is 4.76. The molecule has 21 heavy (non-hydrogen) atoms. The number of para-hydroxylation sites is 1. The summed E-state index contributed by atoms with van der Waals surface area (Å²) >= 11 is 6.07. The number of anilines is 1. The molecule has 0 bridgehead atoms. The molecule has 2 aromatic carbocycles. The van der Waals surface area contributed by atoms with E-state index < -0.39 is 5.60 Å². The lowest BCUT2D eigenvalue weighted by Gasteiger charge is -2.29. The predicted molar refractivity (Wildman–Crippen MR) is 86.5 cm³/mol. The number of aliphatic hydroxyl groups is 1. The first-order valence-corrected chi connectivity index (χ1v) is 6.96. The number of rotatable bonds is 2. The summed E-state index contributed by atoms with van der Waals surface area (Å²) in [5.41, 5.74) is 7.43. The lowest BCUT2D eigenvalue weighted by atomic mass is 9.85. The summed E-state index contributed by atoms with van der Waals surface area (Å²) in [6.45, 7) is 0. The highest BCUT2D eigenvalue weighted by molar-refractivity contribution is 6.30. The van der Waals surface area contributed by atoms with Crippen molar-refractivity contribution < 1.29 is 5.11 Å². The van der Waals surface area contributed by atoms with Crippen LogP contribution in [0.2, 0.25) is 5.02 Å². The van der Waals surface area contributed by atoms with Crippen molar-refractivity contribution in [2.45, 2.75) is 5.60 Å². The van der Waals surface area contributed by atoms with Crippen LogP contribution in [0.25, 0.3) is 0 Å². The topological polar surface area (TPSA) is 61.8 Å². The Morgan fingerprint density at radius 3 is 2.57 bits per heavy atom. The summed E-state index contributed by atoms with van der Waals surface area (Å²) in [5, 5.41) is 11.8. The highest BCUT2D eigenvalue weighted by Crippen LogP contribution is 2.45. The van der Waals surface area contributed by atoms with Crippen LogP contribution in [0.1, 0.15) is 11.1 Å². The Balaban J connectivity index is 2.28. The average molecular weight is 302 g/mol. The van der Waals surface area contributed by atoms with Gasteiger partial charge in [0.25, 0.3) is 0 Å². The van der Waals surface area contributed by atoms with E-state index in [2.05, 4.69) is 4.99 Å². The van der Waals surface area contributed by atoms with Crippen LogP contribution >= 0.6 is 11.6 Å². The Hall–Kier alpha value is -2.04. The summed E-state index contributed by atoms with van der Waals surface area (Å²) in [4.78, 5) is 6.22. The molecule has 1 atom stereocenters. The second-order valence-electron chi connectivity index (χ2n) is 5.28. The van der Waals surface area contributed by atoms with Crippen molar-refractivity contribution in [3.8, 4) is 0 Å². The smallest absolute Gasteiger partial charge is 0.176 e. The van der Waals surface area contributed by atoms with Crippen molar-refractivity contribution in [3.63, 3.8) is 0 Å². The van der Waals surface area contributed by atoms with Crippen LogP contribution in [-0.4, -0.2) is 25.0 Å². The highest BCUT2D eigenvalue weighted by Gasteiger charge is 2.44. The van der Waals surface area contributed by atoms with Gasteiger partial charge >= 0.3 is 0 Å². The molecule has 0 aromatic heterocycles. The zero-order valence-electron chi connectivity index (χ0n) is 11.8.